The molecule has 1 unspecified atom stereocenters. The van der Waals surface area contributed by atoms with Gasteiger partial charge >= 0.3 is 5.97 Å². The number of benzene rings is 1. The number of Topliss-reactive ketones (excluding diaryl/α,β-unsaturated/α-hetero) is 1. The number of amides is 1. The van der Waals surface area contributed by atoms with Gasteiger partial charge in [0.1, 0.15) is 11.5 Å². The van der Waals surface area contributed by atoms with Gasteiger partial charge in [-0.05, 0) is 57.9 Å². The molecule has 0 bridgehead atoms. The van der Waals surface area contributed by atoms with E-state index in [0.29, 0.717) is 22.4 Å². The smallest absolute Gasteiger partial charge is 0.354 e. The summed E-state index contributed by atoms with van der Waals surface area (Å²) in [4.78, 5) is 40.7. The average Bonchev–Trinajstić information content (AvgIpc) is 2.99. The van der Waals surface area contributed by atoms with Gasteiger partial charge in [0.05, 0.1) is 18.6 Å². The van der Waals surface area contributed by atoms with Crippen LogP contribution in [-0.2, 0) is 23.1 Å². The Morgan fingerprint density at radius 2 is 1.75 bits per heavy atom. The molecule has 1 atom stereocenters. The Morgan fingerprint density at radius 1 is 1.19 bits per heavy atom. The molecular formula is C24H30ClFN2O4. The van der Waals surface area contributed by atoms with E-state index < -0.39 is 17.4 Å². The Bertz CT molecular complexity index is 1030. The Morgan fingerprint density at radius 3 is 2.25 bits per heavy atom. The molecule has 1 heterocycles. The highest BCUT2D eigenvalue weighted by molar-refractivity contribution is 6.20. The van der Waals surface area contributed by atoms with Gasteiger partial charge in [0.15, 0.2) is 5.78 Å². The van der Waals surface area contributed by atoms with Crippen LogP contribution in [0.4, 0.5) is 4.39 Å². The normalized spacial score (nSPS) is 12.4. The van der Waals surface area contributed by atoms with Gasteiger partial charge in [-0.2, -0.15) is 0 Å². The first-order valence-electron chi connectivity index (χ1n) is 10.3. The van der Waals surface area contributed by atoms with E-state index in [-0.39, 0.29) is 35.6 Å². The first-order chi connectivity index (χ1) is 14.9. The summed E-state index contributed by atoms with van der Waals surface area (Å²) >= 11 is 6.05. The fourth-order valence-corrected chi connectivity index (χ4v) is 3.81. The summed E-state index contributed by atoms with van der Waals surface area (Å²) in [5.74, 6) is -1.45. The number of esters is 1. The second-order valence-electron chi connectivity index (χ2n) is 8.60. The molecule has 2 rings (SSSR count). The van der Waals surface area contributed by atoms with E-state index in [1.807, 2.05) is 0 Å². The number of nitrogens with zero attached hydrogens (tertiary/aromatic N) is 2. The quantitative estimate of drug-likeness (QED) is 0.329. The summed E-state index contributed by atoms with van der Waals surface area (Å²) in [6, 6.07) is 4.93. The molecule has 32 heavy (non-hydrogen) atoms. The number of ether oxygens (including phenoxy) is 1. The molecule has 0 saturated heterocycles. The SMILES string of the molecule is COC(=O)c1c(C)c(C(=O)C(C)N(Cc2ccc(F)cc2)C(=O)C(C)(C)CCl)c(C)n1C. The molecule has 0 fully saturated rings. The van der Waals surface area contributed by atoms with Crippen LogP contribution in [0.5, 0.6) is 0 Å². The van der Waals surface area contributed by atoms with Gasteiger partial charge < -0.3 is 14.2 Å². The largest absolute Gasteiger partial charge is 0.464 e. The summed E-state index contributed by atoms with van der Waals surface area (Å²) in [7, 11) is 2.97. The number of ketones is 1. The average molecular weight is 465 g/mol. The third-order valence-electron chi connectivity index (χ3n) is 5.84. The summed E-state index contributed by atoms with van der Waals surface area (Å²) in [6.07, 6.45) is 0. The fraction of sp³-hybridized carbons (Fsp3) is 0.458. The summed E-state index contributed by atoms with van der Waals surface area (Å²) in [6.45, 7) is 8.62. The molecule has 1 aromatic heterocycles. The van der Waals surface area contributed by atoms with E-state index in [1.54, 1.807) is 58.4 Å². The van der Waals surface area contributed by atoms with Crippen molar-refractivity contribution in [3.63, 3.8) is 0 Å². The molecule has 6 nitrogen and oxygen atoms in total. The van der Waals surface area contributed by atoms with Crippen molar-refractivity contribution in [1.29, 1.82) is 0 Å². The highest BCUT2D eigenvalue weighted by Gasteiger charge is 2.38. The lowest BCUT2D eigenvalue weighted by molar-refractivity contribution is -0.141. The maximum atomic E-state index is 13.6. The second-order valence-corrected chi connectivity index (χ2v) is 8.87. The Labute approximate surface area is 193 Å². The van der Waals surface area contributed by atoms with Gasteiger partial charge in [-0.1, -0.05) is 12.1 Å². The van der Waals surface area contributed by atoms with E-state index in [2.05, 4.69) is 0 Å². The number of hydrogen-bond donors (Lipinski definition) is 0. The molecule has 174 valence electrons. The van der Waals surface area contributed by atoms with Crippen molar-refractivity contribution in [3.8, 4) is 0 Å². The van der Waals surface area contributed by atoms with E-state index in [0.717, 1.165) is 0 Å². The van der Waals surface area contributed by atoms with Crippen LogP contribution in [0.3, 0.4) is 0 Å². The first kappa shape index (κ1) is 25.6. The molecule has 1 aromatic carbocycles. The van der Waals surface area contributed by atoms with E-state index in [9.17, 15) is 18.8 Å². The zero-order chi connectivity index (χ0) is 24.4. The van der Waals surface area contributed by atoms with Crippen molar-refractivity contribution in [2.75, 3.05) is 13.0 Å². The van der Waals surface area contributed by atoms with Crippen LogP contribution in [0, 0.1) is 25.1 Å². The molecule has 0 radical (unpaired) electrons. The van der Waals surface area contributed by atoms with Crippen LogP contribution < -0.4 is 0 Å². The number of carbonyl (C=O) groups excluding carboxylic acids is 3. The maximum absolute atomic E-state index is 13.6. The van der Waals surface area contributed by atoms with Crippen LogP contribution in [0.1, 0.15) is 58.4 Å². The topological polar surface area (TPSA) is 68.6 Å². The van der Waals surface area contributed by atoms with E-state index in [1.165, 1.54) is 24.1 Å². The summed E-state index contributed by atoms with van der Waals surface area (Å²) < 4.78 is 19.8. The van der Waals surface area contributed by atoms with Crippen molar-refractivity contribution >= 4 is 29.3 Å². The number of rotatable bonds is 8. The van der Waals surface area contributed by atoms with Crippen LogP contribution in [-0.4, -0.2) is 46.2 Å². The molecule has 0 N–H and O–H groups in total. The lowest BCUT2D eigenvalue weighted by atomic mass is 9.91. The third-order valence-corrected chi connectivity index (χ3v) is 6.51. The molecule has 0 aliphatic rings. The Kier molecular flexibility index (Phi) is 7.88. The van der Waals surface area contributed by atoms with Gasteiger partial charge in [0.2, 0.25) is 5.91 Å². The van der Waals surface area contributed by atoms with Crippen LogP contribution in [0.25, 0.3) is 0 Å². The Hall–Kier alpha value is -2.67. The zero-order valence-corrected chi connectivity index (χ0v) is 20.3. The van der Waals surface area contributed by atoms with Crippen LogP contribution in [0.15, 0.2) is 24.3 Å². The molecule has 0 saturated carbocycles. The second kappa shape index (κ2) is 9.86. The van der Waals surface area contributed by atoms with Crippen LogP contribution >= 0.6 is 11.6 Å². The van der Waals surface area contributed by atoms with Gasteiger partial charge in [0, 0.05) is 30.7 Å². The molecule has 2 aromatic rings. The molecule has 0 spiro atoms. The molecular weight excluding hydrogens is 435 g/mol. The summed E-state index contributed by atoms with van der Waals surface area (Å²) in [5.41, 5.74) is 1.54. The van der Waals surface area contributed by atoms with Crippen molar-refractivity contribution in [3.05, 3.63) is 58.2 Å². The third kappa shape index (κ3) is 4.88. The minimum absolute atomic E-state index is 0.0720. The first-order valence-corrected chi connectivity index (χ1v) is 10.8. The fourth-order valence-electron chi connectivity index (χ4n) is 3.69. The standard InChI is InChI=1S/C24H30ClFN2O4/c1-14-19(15(2)27(6)20(14)22(30)32-7)21(29)16(3)28(23(31)24(4,5)13-25)12-17-8-10-18(26)11-9-17/h8-11,16H,12-13H2,1-7H3. The number of hydrogen-bond acceptors (Lipinski definition) is 4. The van der Waals surface area contributed by atoms with Crippen molar-refractivity contribution in [2.45, 2.75) is 47.2 Å². The number of alkyl halides is 1. The predicted molar refractivity (Wildman–Crippen MR) is 121 cm³/mol. The van der Waals surface area contributed by atoms with Gasteiger partial charge in [0.25, 0.3) is 0 Å². The zero-order valence-electron chi connectivity index (χ0n) is 19.6. The lowest BCUT2D eigenvalue weighted by Crippen LogP contribution is -2.49. The molecule has 0 aliphatic carbocycles. The lowest BCUT2D eigenvalue weighted by Gasteiger charge is -2.34. The number of aromatic nitrogens is 1. The number of halogens is 2. The molecule has 0 aliphatic heterocycles. The minimum Gasteiger partial charge on any atom is -0.464 e. The summed E-state index contributed by atoms with van der Waals surface area (Å²) in [5, 5.41) is 0. The van der Waals surface area contributed by atoms with Crippen LogP contribution in [0.2, 0.25) is 0 Å². The van der Waals surface area contributed by atoms with Crippen molar-refractivity contribution in [1.82, 2.24) is 9.47 Å². The minimum atomic E-state index is -0.909. The van der Waals surface area contributed by atoms with Gasteiger partial charge in [-0.3, -0.25) is 9.59 Å². The van der Waals surface area contributed by atoms with Crippen molar-refractivity contribution in [2.24, 2.45) is 12.5 Å². The van der Waals surface area contributed by atoms with E-state index in [4.69, 9.17) is 16.3 Å². The highest BCUT2D eigenvalue weighted by atomic mass is 35.5. The highest BCUT2D eigenvalue weighted by Crippen LogP contribution is 2.28. The molecule has 8 heteroatoms. The predicted octanol–water partition coefficient (Wildman–Crippen LogP) is 4.43. The van der Waals surface area contributed by atoms with Crippen molar-refractivity contribution < 1.29 is 23.5 Å². The molecule has 1 amide bonds. The van der Waals surface area contributed by atoms with Gasteiger partial charge in [-0.15, -0.1) is 11.6 Å². The number of carbonyl (C=O) groups is 3. The Balaban J connectivity index is 2.52. The van der Waals surface area contributed by atoms with E-state index >= 15 is 0 Å². The number of methoxy groups -OCH3 is 1. The monoisotopic (exact) mass is 464 g/mol. The van der Waals surface area contributed by atoms with Gasteiger partial charge in [-0.25, -0.2) is 9.18 Å². The maximum Gasteiger partial charge on any atom is 0.354 e.